The molecule has 0 aromatic carbocycles. The van der Waals surface area contributed by atoms with E-state index in [-0.39, 0.29) is 5.82 Å². The van der Waals surface area contributed by atoms with Crippen molar-refractivity contribution >= 4 is 29.3 Å². The molecule has 21 heteroatoms. The molecule has 2 heterocycles. The zero-order valence-electron chi connectivity index (χ0n) is 16.6. The highest BCUT2D eigenvalue weighted by Gasteiger charge is 2.64. The molecule has 6 atom stereocenters. The predicted molar refractivity (Wildman–Crippen MR) is 106 cm³/mol. The minimum absolute atomic E-state index is 0.258. The van der Waals surface area contributed by atoms with E-state index in [1.54, 1.807) is 0 Å². The molecule has 0 bridgehead atoms. The Morgan fingerprint density at radius 3 is 2.41 bits per heavy atom. The molecule has 17 nitrogen and oxygen atoms in total. The van der Waals surface area contributed by atoms with Crippen LogP contribution in [0, 0.1) is 17.2 Å². The molecule has 7 N–H and O–H groups in total. The van der Waals surface area contributed by atoms with Crippen LogP contribution >= 0.6 is 23.5 Å². The predicted octanol–water partition coefficient (Wildman–Crippen LogP) is -0.753. The average molecular weight is 550 g/mol. The number of rotatable bonds is 10. The molecular formula is C13H18FN4O13P3. The Kier molecular flexibility index (Phi) is 8.08. The third kappa shape index (κ3) is 5.86. The smallest absolute Gasteiger partial charge is 0.386 e. The summed E-state index contributed by atoms with van der Waals surface area (Å²) in [4.78, 5) is 51.6. The summed E-state index contributed by atoms with van der Waals surface area (Å²) in [6.45, 7) is 0.347. The minimum atomic E-state index is -5.88. The van der Waals surface area contributed by atoms with Crippen LogP contribution in [0.5, 0.6) is 0 Å². The summed E-state index contributed by atoms with van der Waals surface area (Å²) in [7, 11) is -17.3. The van der Waals surface area contributed by atoms with Gasteiger partial charge in [-0.25, -0.2) is 22.9 Å². The number of phosphoric acid groups is 3. The number of alkyl halides is 1. The first-order valence-corrected chi connectivity index (χ1v) is 13.1. The van der Waals surface area contributed by atoms with E-state index >= 15 is 0 Å². The lowest BCUT2D eigenvalue weighted by molar-refractivity contribution is -0.161. The molecule has 34 heavy (non-hydrogen) atoms. The fourth-order valence-corrected chi connectivity index (χ4v) is 6.17. The van der Waals surface area contributed by atoms with E-state index in [0.717, 1.165) is 18.3 Å². The molecule has 1 fully saturated rings. The zero-order valence-corrected chi connectivity index (χ0v) is 19.3. The topological polar surface area (TPSA) is 274 Å². The molecule has 0 radical (unpaired) electrons. The molecular weight excluding hydrogens is 532 g/mol. The first-order chi connectivity index (χ1) is 15.5. The van der Waals surface area contributed by atoms with Gasteiger partial charge in [0.05, 0.1) is 6.61 Å². The van der Waals surface area contributed by atoms with Gasteiger partial charge in [-0.05, 0) is 6.07 Å². The molecule has 1 aromatic rings. The molecule has 1 saturated heterocycles. The number of nitrogen functional groups attached to an aromatic ring is 1. The third-order valence-electron chi connectivity index (χ3n) is 4.42. The number of hydrogen-bond acceptors (Lipinski definition) is 12. The van der Waals surface area contributed by atoms with Gasteiger partial charge in [0.25, 0.3) is 5.72 Å². The summed E-state index contributed by atoms with van der Waals surface area (Å²) in [6.07, 6.45) is -0.244. The number of anilines is 1. The van der Waals surface area contributed by atoms with Gasteiger partial charge in [0.1, 0.15) is 30.3 Å². The van der Waals surface area contributed by atoms with Gasteiger partial charge in [-0.2, -0.15) is 18.9 Å². The van der Waals surface area contributed by atoms with Gasteiger partial charge in [0, 0.05) is 12.1 Å². The summed E-state index contributed by atoms with van der Waals surface area (Å²) < 4.78 is 65.8. The Labute approximate surface area is 189 Å². The maximum absolute atomic E-state index is 14.2. The maximum atomic E-state index is 14.2. The van der Waals surface area contributed by atoms with Crippen molar-refractivity contribution in [3.8, 4) is 6.07 Å². The minimum Gasteiger partial charge on any atom is -0.386 e. The van der Waals surface area contributed by atoms with Crippen LogP contribution in [0.2, 0.25) is 0 Å². The molecule has 0 spiro atoms. The Morgan fingerprint density at radius 1 is 1.32 bits per heavy atom. The van der Waals surface area contributed by atoms with Crippen LogP contribution in [-0.2, 0) is 37.3 Å². The number of nitrogens with zero attached hydrogens (tertiary/aromatic N) is 3. The zero-order chi connectivity index (χ0) is 26.2. The normalized spacial score (nSPS) is 30.7. The van der Waals surface area contributed by atoms with Gasteiger partial charge < -0.3 is 35.2 Å². The molecule has 0 saturated carbocycles. The Balaban J connectivity index is 2.41. The highest BCUT2D eigenvalue weighted by atomic mass is 31.3. The second-order valence-electron chi connectivity index (χ2n) is 6.68. The standard InChI is InChI=1S/C13H18FN4O13P3/c1-2-8-10(19)13(6-15,18-4-3-9(16)17-11(18)20)29-12(8,5-14)7-28-33(24,25)31-34(26,27)30-32(21,22)23/h2-4,8,10,19H,1,5,7H2,(H,24,25)(H,26,27)(H2,16,17,20)(H2,21,22,23)/t8-,10+,12+,13+/m0/s1. The van der Waals surface area contributed by atoms with E-state index < -0.39 is 65.8 Å². The number of hydrogen-bond donors (Lipinski definition) is 6. The van der Waals surface area contributed by atoms with Crippen LogP contribution < -0.4 is 11.4 Å². The summed E-state index contributed by atoms with van der Waals surface area (Å²) in [5.41, 5.74) is -0.984. The molecule has 1 aromatic heterocycles. The largest absolute Gasteiger partial charge is 0.490 e. The summed E-state index contributed by atoms with van der Waals surface area (Å²) in [6, 6.07) is 2.56. The number of nitrogens with two attached hydrogens (primary N) is 1. The molecule has 0 aliphatic carbocycles. The lowest BCUT2D eigenvalue weighted by atomic mass is 9.85. The molecule has 190 valence electrons. The van der Waals surface area contributed by atoms with Crippen molar-refractivity contribution in [2.75, 3.05) is 19.0 Å². The van der Waals surface area contributed by atoms with Gasteiger partial charge in [0.2, 0.25) is 0 Å². The van der Waals surface area contributed by atoms with Crippen LogP contribution in [0.1, 0.15) is 0 Å². The monoisotopic (exact) mass is 550 g/mol. The summed E-state index contributed by atoms with van der Waals surface area (Å²) in [5.74, 6) is -1.86. The average Bonchev–Trinajstić information content (AvgIpc) is 2.92. The van der Waals surface area contributed by atoms with Crippen molar-refractivity contribution in [3.05, 3.63) is 35.4 Å². The van der Waals surface area contributed by atoms with Crippen LogP contribution in [0.3, 0.4) is 0 Å². The van der Waals surface area contributed by atoms with Gasteiger partial charge in [0.15, 0.2) is 0 Å². The van der Waals surface area contributed by atoms with Gasteiger partial charge >= 0.3 is 29.2 Å². The second-order valence-corrected chi connectivity index (χ2v) is 11.1. The number of ether oxygens (including phenoxy) is 1. The number of aromatic nitrogens is 2. The lowest BCUT2D eigenvalue weighted by Gasteiger charge is -2.31. The Morgan fingerprint density at radius 2 is 1.94 bits per heavy atom. The second kappa shape index (κ2) is 9.67. The number of aliphatic hydroxyl groups is 1. The van der Waals surface area contributed by atoms with Gasteiger partial charge in [-0.3, -0.25) is 9.09 Å². The van der Waals surface area contributed by atoms with E-state index in [1.807, 2.05) is 0 Å². The summed E-state index contributed by atoms with van der Waals surface area (Å²) in [5, 5.41) is 20.5. The van der Waals surface area contributed by atoms with Crippen LogP contribution in [0.15, 0.2) is 29.7 Å². The number of phosphoric ester groups is 1. The number of aliphatic hydroxyl groups excluding tert-OH is 1. The molecule has 2 unspecified atom stereocenters. The quantitative estimate of drug-likeness (QED) is 0.154. The lowest BCUT2D eigenvalue weighted by Crippen LogP contribution is -2.49. The van der Waals surface area contributed by atoms with Crippen LogP contribution in [0.25, 0.3) is 0 Å². The van der Waals surface area contributed by atoms with Crippen molar-refractivity contribution in [2.45, 2.75) is 17.4 Å². The van der Waals surface area contributed by atoms with Crippen molar-refractivity contribution < 1.29 is 60.6 Å². The third-order valence-corrected chi connectivity index (χ3v) is 8.20. The van der Waals surface area contributed by atoms with E-state index in [4.69, 9.17) is 20.3 Å². The summed E-state index contributed by atoms with van der Waals surface area (Å²) >= 11 is 0. The van der Waals surface area contributed by atoms with Crippen LogP contribution in [-0.4, -0.2) is 59.2 Å². The first-order valence-electron chi connectivity index (χ1n) is 8.58. The number of nitriles is 1. The van der Waals surface area contributed by atoms with E-state index in [1.165, 1.54) is 6.07 Å². The van der Waals surface area contributed by atoms with Crippen molar-refractivity contribution in [1.82, 2.24) is 9.55 Å². The van der Waals surface area contributed by atoms with Crippen LogP contribution in [0.4, 0.5) is 10.2 Å². The molecule has 2 rings (SSSR count). The van der Waals surface area contributed by atoms with E-state index in [9.17, 15) is 43.0 Å². The fraction of sp³-hybridized carbons (Fsp3) is 0.462. The van der Waals surface area contributed by atoms with Gasteiger partial charge in [-0.1, -0.05) is 6.08 Å². The first kappa shape index (κ1) is 28.4. The number of halogens is 1. The molecule has 0 amide bonds. The van der Waals surface area contributed by atoms with E-state index in [2.05, 4.69) is 24.7 Å². The Bertz CT molecular complexity index is 1200. The van der Waals surface area contributed by atoms with Gasteiger partial charge in [-0.15, -0.1) is 6.58 Å². The fourth-order valence-electron chi connectivity index (χ4n) is 3.09. The Hall–Kier alpha value is -1.83. The molecule has 1 aliphatic rings. The van der Waals surface area contributed by atoms with Crippen molar-refractivity contribution in [2.24, 2.45) is 5.92 Å². The van der Waals surface area contributed by atoms with Crippen molar-refractivity contribution in [1.29, 1.82) is 5.26 Å². The van der Waals surface area contributed by atoms with E-state index in [0.29, 0.717) is 4.57 Å². The molecule has 1 aliphatic heterocycles. The highest BCUT2D eigenvalue weighted by molar-refractivity contribution is 7.66. The highest BCUT2D eigenvalue weighted by Crippen LogP contribution is 2.66. The van der Waals surface area contributed by atoms with Crippen molar-refractivity contribution in [3.63, 3.8) is 0 Å². The SMILES string of the molecule is C=C[C@H]1[C@@H](O)[C@](C#N)(n2ccc(N)nc2=O)O[C@]1(CF)COP(=O)(O)OP(=O)(O)OP(=O)(O)O. The maximum Gasteiger partial charge on any atom is 0.490 e.